The van der Waals surface area contributed by atoms with Crippen molar-refractivity contribution in [3.8, 4) is 6.07 Å². The number of carbonyl (C=O) groups excluding carboxylic acids is 1. The Morgan fingerprint density at radius 2 is 2.19 bits per heavy atom. The summed E-state index contributed by atoms with van der Waals surface area (Å²) in [4.78, 5) is 18.4. The molecule has 1 aliphatic heterocycles. The molecule has 0 spiro atoms. The van der Waals surface area contributed by atoms with E-state index in [1.54, 1.807) is 0 Å². The molecule has 110 valence electrons. The summed E-state index contributed by atoms with van der Waals surface area (Å²) < 4.78 is 4.81. The van der Waals surface area contributed by atoms with Crippen molar-refractivity contribution < 1.29 is 9.53 Å². The number of hydrogen-bond acceptors (Lipinski definition) is 5. The van der Waals surface area contributed by atoms with Crippen LogP contribution in [0, 0.1) is 17.2 Å². The van der Waals surface area contributed by atoms with Crippen molar-refractivity contribution in [3.63, 3.8) is 0 Å². The van der Waals surface area contributed by atoms with Crippen LogP contribution in [0.2, 0.25) is 0 Å². The van der Waals surface area contributed by atoms with Crippen molar-refractivity contribution in [3.05, 3.63) is 22.9 Å². The Morgan fingerprint density at radius 1 is 1.43 bits per heavy atom. The molecular weight excluding hydrogens is 266 g/mol. The maximum atomic E-state index is 11.6. The fourth-order valence-electron chi connectivity index (χ4n) is 3.28. The van der Waals surface area contributed by atoms with Crippen molar-refractivity contribution >= 4 is 11.8 Å². The third-order valence-corrected chi connectivity index (χ3v) is 4.48. The first-order chi connectivity index (χ1) is 10.2. The van der Waals surface area contributed by atoms with Gasteiger partial charge in [0.2, 0.25) is 0 Å². The number of aromatic nitrogens is 1. The second-order valence-corrected chi connectivity index (χ2v) is 5.72. The van der Waals surface area contributed by atoms with Gasteiger partial charge in [0, 0.05) is 18.8 Å². The molecule has 0 aromatic carbocycles. The average Bonchev–Trinajstić information content (AvgIpc) is 3.00. The molecule has 1 aliphatic carbocycles. The van der Waals surface area contributed by atoms with Gasteiger partial charge in [-0.3, -0.25) is 4.79 Å². The Kier molecular flexibility index (Phi) is 3.78. The number of nitriles is 1. The van der Waals surface area contributed by atoms with Crippen LogP contribution in [-0.2, 0) is 22.4 Å². The van der Waals surface area contributed by atoms with Crippen molar-refractivity contribution in [1.29, 1.82) is 5.26 Å². The van der Waals surface area contributed by atoms with Gasteiger partial charge >= 0.3 is 5.97 Å². The number of aryl methyl sites for hydroxylation is 2. The summed E-state index contributed by atoms with van der Waals surface area (Å²) in [5.41, 5.74) is 3.02. The van der Waals surface area contributed by atoms with E-state index < -0.39 is 0 Å². The van der Waals surface area contributed by atoms with Gasteiger partial charge in [-0.1, -0.05) is 0 Å². The summed E-state index contributed by atoms with van der Waals surface area (Å²) in [6.45, 7) is 1.50. The fraction of sp³-hybridized carbons (Fsp3) is 0.562. The Balaban J connectivity index is 1.79. The molecule has 5 nitrogen and oxygen atoms in total. The van der Waals surface area contributed by atoms with Crippen LogP contribution in [0.3, 0.4) is 0 Å². The zero-order chi connectivity index (χ0) is 14.8. The number of esters is 1. The van der Waals surface area contributed by atoms with Crippen LogP contribution < -0.4 is 4.90 Å². The van der Waals surface area contributed by atoms with Crippen molar-refractivity contribution in [1.82, 2.24) is 4.98 Å². The zero-order valence-corrected chi connectivity index (χ0v) is 12.3. The summed E-state index contributed by atoms with van der Waals surface area (Å²) in [7, 11) is 1.44. The van der Waals surface area contributed by atoms with Crippen LogP contribution in [0.1, 0.15) is 36.1 Å². The van der Waals surface area contributed by atoms with Gasteiger partial charge in [-0.05, 0) is 43.7 Å². The van der Waals surface area contributed by atoms with Crippen LogP contribution >= 0.6 is 0 Å². The van der Waals surface area contributed by atoms with E-state index in [0.717, 1.165) is 56.7 Å². The van der Waals surface area contributed by atoms with E-state index in [1.807, 2.05) is 6.07 Å². The fourth-order valence-corrected chi connectivity index (χ4v) is 3.28. The standard InChI is InChI=1S/C16H19N3O2/c1-21-16(20)11-5-7-19(8-6-11)15-13(10-17)9-12-3-2-4-14(12)18-15/h9,11H,2-8H2,1H3. The van der Waals surface area contributed by atoms with Gasteiger partial charge in [-0.25, -0.2) is 4.98 Å². The molecule has 1 saturated heterocycles. The van der Waals surface area contributed by atoms with Gasteiger partial charge in [-0.15, -0.1) is 0 Å². The van der Waals surface area contributed by atoms with E-state index in [2.05, 4.69) is 11.0 Å². The molecule has 0 amide bonds. The molecule has 0 unspecified atom stereocenters. The molecular formula is C16H19N3O2. The summed E-state index contributed by atoms with van der Waals surface area (Å²) >= 11 is 0. The summed E-state index contributed by atoms with van der Waals surface area (Å²) in [5, 5.41) is 9.37. The maximum Gasteiger partial charge on any atom is 0.308 e. The second kappa shape index (κ2) is 5.72. The quantitative estimate of drug-likeness (QED) is 0.776. The van der Waals surface area contributed by atoms with Crippen molar-refractivity contribution in [2.24, 2.45) is 5.92 Å². The van der Waals surface area contributed by atoms with E-state index >= 15 is 0 Å². The number of nitrogens with zero attached hydrogens (tertiary/aromatic N) is 3. The minimum absolute atomic E-state index is 0.0220. The number of fused-ring (bicyclic) bond motifs is 1. The number of methoxy groups -OCH3 is 1. The Hall–Kier alpha value is -2.09. The van der Waals surface area contributed by atoms with Crippen LogP contribution in [0.15, 0.2) is 6.07 Å². The predicted molar refractivity (Wildman–Crippen MR) is 77.9 cm³/mol. The molecule has 1 aromatic rings. The molecule has 0 saturated carbocycles. The smallest absolute Gasteiger partial charge is 0.308 e. The Labute approximate surface area is 124 Å². The number of piperidine rings is 1. The Bertz CT molecular complexity index is 598. The summed E-state index contributed by atoms with van der Waals surface area (Å²) in [6.07, 6.45) is 4.68. The van der Waals surface area contributed by atoms with Crippen molar-refractivity contribution in [2.45, 2.75) is 32.1 Å². The van der Waals surface area contributed by atoms with E-state index in [-0.39, 0.29) is 11.9 Å². The molecule has 1 aromatic heterocycles. The first-order valence-electron chi connectivity index (χ1n) is 7.48. The largest absolute Gasteiger partial charge is 0.469 e. The first kappa shape index (κ1) is 13.9. The number of anilines is 1. The van der Waals surface area contributed by atoms with Gasteiger partial charge < -0.3 is 9.64 Å². The summed E-state index contributed by atoms with van der Waals surface area (Å²) in [6, 6.07) is 4.27. The topological polar surface area (TPSA) is 66.2 Å². The van der Waals surface area contributed by atoms with E-state index in [0.29, 0.717) is 5.56 Å². The van der Waals surface area contributed by atoms with Crippen molar-refractivity contribution in [2.75, 3.05) is 25.1 Å². The van der Waals surface area contributed by atoms with Crippen LogP contribution in [0.4, 0.5) is 5.82 Å². The molecule has 3 rings (SSSR count). The third kappa shape index (κ3) is 2.58. The van der Waals surface area contributed by atoms with E-state index in [4.69, 9.17) is 9.72 Å². The first-order valence-corrected chi connectivity index (χ1v) is 7.48. The van der Waals surface area contributed by atoms with Gasteiger partial charge in [-0.2, -0.15) is 5.26 Å². The molecule has 2 aliphatic rings. The van der Waals surface area contributed by atoms with Crippen LogP contribution in [0.5, 0.6) is 0 Å². The average molecular weight is 285 g/mol. The highest BCUT2D eigenvalue weighted by Crippen LogP contribution is 2.29. The van der Waals surface area contributed by atoms with Crippen LogP contribution in [-0.4, -0.2) is 31.2 Å². The molecule has 0 bridgehead atoms. The Morgan fingerprint density at radius 3 is 2.86 bits per heavy atom. The lowest BCUT2D eigenvalue weighted by Crippen LogP contribution is -2.37. The van der Waals surface area contributed by atoms with Gasteiger partial charge in [0.05, 0.1) is 18.6 Å². The highest BCUT2D eigenvalue weighted by atomic mass is 16.5. The zero-order valence-electron chi connectivity index (χ0n) is 12.3. The van der Waals surface area contributed by atoms with Gasteiger partial charge in [0.15, 0.2) is 0 Å². The lowest BCUT2D eigenvalue weighted by atomic mass is 9.96. The lowest BCUT2D eigenvalue weighted by Gasteiger charge is -2.32. The van der Waals surface area contributed by atoms with E-state index in [9.17, 15) is 10.1 Å². The molecule has 0 N–H and O–H groups in total. The third-order valence-electron chi connectivity index (χ3n) is 4.48. The predicted octanol–water partition coefficient (Wildman–Crippen LogP) is 1.83. The number of ether oxygens (including phenoxy) is 1. The van der Waals surface area contributed by atoms with Gasteiger partial charge in [0.1, 0.15) is 11.9 Å². The SMILES string of the molecule is COC(=O)C1CCN(c2nc3c(cc2C#N)CCC3)CC1. The number of hydrogen-bond donors (Lipinski definition) is 0. The van der Waals surface area contributed by atoms with Crippen LogP contribution in [0.25, 0.3) is 0 Å². The molecule has 1 fully saturated rings. The molecule has 0 atom stereocenters. The normalized spacial score (nSPS) is 18.2. The minimum Gasteiger partial charge on any atom is -0.469 e. The summed E-state index contributed by atoms with van der Waals surface area (Å²) in [5.74, 6) is 0.643. The monoisotopic (exact) mass is 285 g/mol. The molecule has 0 radical (unpaired) electrons. The van der Waals surface area contributed by atoms with Gasteiger partial charge in [0.25, 0.3) is 0 Å². The lowest BCUT2D eigenvalue weighted by molar-refractivity contribution is -0.146. The molecule has 2 heterocycles. The number of carbonyl (C=O) groups is 1. The maximum absolute atomic E-state index is 11.6. The van der Waals surface area contributed by atoms with E-state index in [1.165, 1.54) is 12.7 Å². The minimum atomic E-state index is -0.128. The number of pyridine rings is 1. The number of rotatable bonds is 2. The highest BCUT2D eigenvalue weighted by Gasteiger charge is 2.28. The second-order valence-electron chi connectivity index (χ2n) is 5.72. The highest BCUT2D eigenvalue weighted by molar-refractivity contribution is 5.72. The molecule has 5 heteroatoms. The molecule has 21 heavy (non-hydrogen) atoms.